The number of likely N-dealkylation sites (tertiary alicyclic amines) is 1. The van der Waals surface area contributed by atoms with Crippen LogP contribution in [0.3, 0.4) is 0 Å². The van der Waals surface area contributed by atoms with Crippen molar-refractivity contribution in [3.05, 3.63) is 58.1 Å². The Labute approximate surface area is 229 Å². The molecule has 0 aromatic heterocycles. The third kappa shape index (κ3) is 8.17. The number of alkyl halides is 1. The number of nitrogen functional groups attached to an aromatic ring is 1. The summed E-state index contributed by atoms with van der Waals surface area (Å²) < 4.78 is 17.4. The Bertz CT molecular complexity index is 915. The highest BCUT2D eigenvalue weighted by Gasteiger charge is 2.32. The molecule has 0 bridgehead atoms. The molecule has 1 aliphatic heterocycles. The Morgan fingerprint density at radius 3 is 2.62 bits per heavy atom. The topological polar surface area (TPSA) is 81.4 Å². The molecule has 3 rings (SSSR count). The van der Waals surface area contributed by atoms with Crippen LogP contribution in [-0.2, 0) is 22.6 Å². The first-order valence-corrected chi connectivity index (χ1v) is 15.1. The molecule has 1 fully saturated rings. The SMILES string of the molecule is Nc1c(Cl)cc([S+]([O-])N[C@H](CCc2ccccc2)C(=O)N2CCC[C@@H](CCCCI)C2)cc1Cl. The van der Waals surface area contributed by atoms with E-state index in [9.17, 15) is 9.35 Å². The molecular formula is C25H32Cl2IN3O2S. The summed E-state index contributed by atoms with van der Waals surface area (Å²) in [5.74, 6) is 0.547. The predicted octanol–water partition coefficient (Wildman–Crippen LogP) is 6.03. The van der Waals surface area contributed by atoms with Gasteiger partial charge in [0.2, 0.25) is 5.91 Å². The first kappa shape index (κ1) is 27.9. The van der Waals surface area contributed by atoms with E-state index in [1.807, 2.05) is 35.2 Å². The number of carbonyl (C=O) groups excluding carboxylic acids is 1. The molecular weight excluding hydrogens is 604 g/mol. The van der Waals surface area contributed by atoms with E-state index >= 15 is 0 Å². The summed E-state index contributed by atoms with van der Waals surface area (Å²) in [6, 6.07) is 12.5. The van der Waals surface area contributed by atoms with Gasteiger partial charge >= 0.3 is 0 Å². The van der Waals surface area contributed by atoms with E-state index in [1.165, 1.54) is 35.8 Å². The lowest BCUT2D eigenvalue weighted by atomic mass is 9.92. The predicted molar refractivity (Wildman–Crippen MR) is 151 cm³/mol. The molecule has 34 heavy (non-hydrogen) atoms. The van der Waals surface area contributed by atoms with Crippen LogP contribution in [0.5, 0.6) is 0 Å². The Morgan fingerprint density at radius 1 is 1.24 bits per heavy atom. The molecule has 1 aliphatic rings. The van der Waals surface area contributed by atoms with Crippen molar-refractivity contribution < 1.29 is 9.35 Å². The molecule has 1 heterocycles. The van der Waals surface area contributed by atoms with Crippen molar-refractivity contribution in [3.63, 3.8) is 0 Å². The Kier molecular flexibility index (Phi) is 11.6. The summed E-state index contributed by atoms with van der Waals surface area (Å²) in [6.07, 6.45) is 7.01. The third-order valence-electron chi connectivity index (χ3n) is 6.21. The zero-order valence-corrected chi connectivity index (χ0v) is 23.6. The zero-order chi connectivity index (χ0) is 24.5. The van der Waals surface area contributed by atoms with Crippen molar-refractivity contribution in [2.45, 2.75) is 55.9 Å². The largest absolute Gasteiger partial charge is 0.593 e. The molecule has 0 radical (unpaired) electrons. The molecule has 0 spiro atoms. The number of amides is 1. The Morgan fingerprint density at radius 2 is 1.94 bits per heavy atom. The molecule has 1 amide bonds. The van der Waals surface area contributed by atoms with E-state index in [2.05, 4.69) is 27.3 Å². The normalized spacial score (nSPS) is 18.0. The second-order valence-electron chi connectivity index (χ2n) is 8.74. The molecule has 9 heteroatoms. The zero-order valence-electron chi connectivity index (χ0n) is 19.2. The van der Waals surface area contributed by atoms with Crippen LogP contribution < -0.4 is 10.5 Å². The second kappa shape index (κ2) is 14.1. The number of hydrogen-bond donors (Lipinski definition) is 2. The van der Waals surface area contributed by atoms with Gasteiger partial charge in [-0.05, 0) is 54.4 Å². The van der Waals surface area contributed by atoms with Crippen LogP contribution in [-0.4, -0.2) is 38.9 Å². The number of unbranched alkanes of at least 4 members (excludes halogenated alkanes) is 1. The molecule has 2 aromatic carbocycles. The van der Waals surface area contributed by atoms with E-state index in [-0.39, 0.29) is 21.6 Å². The number of benzene rings is 2. The van der Waals surface area contributed by atoms with Crippen LogP contribution in [0.25, 0.3) is 0 Å². The van der Waals surface area contributed by atoms with Gasteiger partial charge in [-0.1, -0.05) is 82.5 Å². The summed E-state index contributed by atoms with van der Waals surface area (Å²) in [7, 11) is 0. The average Bonchev–Trinajstić information content (AvgIpc) is 2.85. The minimum absolute atomic E-state index is 0.00973. The molecule has 0 aliphatic carbocycles. The number of nitrogens with two attached hydrogens (primary N) is 1. The lowest BCUT2D eigenvalue weighted by Crippen LogP contribution is -2.51. The van der Waals surface area contributed by atoms with Gasteiger partial charge in [-0.25, -0.2) is 0 Å². The molecule has 1 unspecified atom stereocenters. The quantitative estimate of drug-likeness (QED) is 0.104. The lowest BCUT2D eigenvalue weighted by Gasteiger charge is -2.35. The van der Waals surface area contributed by atoms with Crippen molar-refractivity contribution in [2.75, 3.05) is 23.3 Å². The van der Waals surface area contributed by atoms with E-state index in [0.717, 1.165) is 31.5 Å². The third-order valence-corrected chi connectivity index (χ3v) is 8.76. The highest BCUT2D eigenvalue weighted by atomic mass is 127. The summed E-state index contributed by atoms with van der Waals surface area (Å²) in [5, 5.41) is 0.491. The fourth-order valence-electron chi connectivity index (χ4n) is 4.30. The fourth-order valence-corrected chi connectivity index (χ4v) is 6.52. The highest BCUT2D eigenvalue weighted by molar-refractivity contribution is 14.1. The van der Waals surface area contributed by atoms with Crippen LogP contribution in [0, 0.1) is 5.92 Å². The van der Waals surface area contributed by atoms with Crippen molar-refractivity contribution >= 4 is 68.7 Å². The molecule has 1 saturated heterocycles. The summed E-state index contributed by atoms with van der Waals surface area (Å²) >= 11 is 13.0. The number of rotatable bonds is 11. The number of nitrogens with one attached hydrogen (secondary N) is 1. The van der Waals surface area contributed by atoms with Crippen LogP contribution in [0.15, 0.2) is 47.4 Å². The standard InChI is InChI=1S/C25H32Cl2IN3O2S/c26-21-15-20(16-22(27)24(21)29)34(33)30-23(12-11-18-7-2-1-3-8-18)25(32)31-14-6-10-19(17-31)9-4-5-13-28/h1-3,7-8,15-16,19,23,30H,4-6,9-14,17,29H2/t19-,23-,34?/m1/s1. The summed E-state index contributed by atoms with van der Waals surface area (Å²) in [4.78, 5) is 16.0. The van der Waals surface area contributed by atoms with Gasteiger partial charge in [-0.15, -0.1) is 4.72 Å². The number of hydrogen-bond acceptors (Lipinski definition) is 4. The van der Waals surface area contributed by atoms with Crippen LogP contribution in [0.1, 0.15) is 44.1 Å². The Balaban J connectivity index is 1.72. The lowest BCUT2D eigenvalue weighted by molar-refractivity contribution is -0.135. The number of carbonyl (C=O) groups is 1. The number of nitrogens with zero attached hydrogens (tertiary/aromatic N) is 1. The highest BCUT2D eigenvalue weighted by Crippen LogP contribution is 2.31. The van der Waals surface area contributed by atoms with Gasteiger partial charge in [0.1, 0.15) is 6.04 Å². The van der Waals surface area contributed by atoms with Gasteiger partial charge in [0, 0.05) is 25.2 Å². The number of anilines is 1. The van der Waals surface area contributed by atoms with E-state index in [0.29, 0.717) is 23.7 Å². The molecule has 2 aromatic rings. The maximum atomic E-state index is 13.6. The van der Waals surface area contributed by atoms with Crippen molar-refractivity contribution in [3.8, 4) is 0 Å². The average molecular weight is 636 g/mol. The number of piperidine rings is 1. The molecule has 0 saturated carbocycles. The van der Waals surface area contributed by atoms with E-state index in [4.69, 9.17) is 28.9 Å². The van der Waals surface area contributed by atoms with Gasteiger partial charge in [0.05, 0.1) is 27.1 Å². The van der Waals surface area contributed by atoms with Gasteiger partial charge in [0.25, 0.3) is 0 Å². The van der Waals surface area contributed by atoms with Gasteiger partial charge in [-0.2, -0.15) is 0 Å². The van der Waals surface area contributed by atoms with Crippen molar-refractivity contribution in [1.82, 2.24) is 9.62 Å². The molecule has 3 N–H and O–H groups in total. The van der Waals surface area contributed by atoms with E-state index < -0.39 is 17.4 Å². The molecule has 5 nitrogen and oxygen atoms in total. The van der Waals surface area contributed by atoms with Gasteiger partial charge in [0.15, 0.2) is 4.90 Å². The van der Waals surface area contributed by atoms with Gasteiger partial charge in [-0.3, -0.25) is 4.79 Å². The maximum Gasteiger partial charge on any atom is 0.244 e. The van der Waals surface area contributed by atoms with Crippen LogP contribution in [0.4, 0.5) is 5.69 Å². The van der Waals surface area contributed by atoms with Crippen molar-refractivity contribution in [1.29, 1.82) is 0 Å². The smallest absolute Gasteiger partial charge is 0.244 e. The molecule has 3 atom stereocenters. The minimum atomic E-state index is -1.66. The fraction of sp³-hybridized carbons (Fsp3) is 0.480. The van der Waals surface area contributed by atoms with Gasteiger partial charge < -0.3 is 15.2 Å². The second-order valence-corrected chi connectivity index (χ2v) is 11.9. The van der Waals surface area contributed by atoms with Crippen LogP contribution >= 0.6 is 45.8 Å². The number of aryl methyl sites for hydroxylation is 1. The maximum absolute atomic E-state index is 13.6. The van der Waals surface area contributed by atoms with E-state index in [1.54, 1.807) is 0 Å². The van der Waals surface area contributed by atoms with Crippen molar-refractivity contribution in [2.24, 2.45) is 5.92 Å². The number of halogens is 3. The first-order valence-electron chi connectivity index (χ1n) is 11.7. The first-order chi connectivity index (χ1) is 16.4. The summed E-state index contributed by atoms with van der Waals surface area (Å²) in [5.41, 5.74) is 7.22. The monoisotopic (exact) mass is 635 g/mol. The molecule has 186 valence electrons. The summed E-state index contributed by atoms with van der Waals surface area (Å²) in [6.45, 7) is 1.52. The Hall–Kier alpha value is -0.710. The van der Waals surface area contributed by atoms with Crippen LogP contribution in [0.2, 0.25) is 10.0 Å². The minimum Gasteiger partial charge on any atom is -0.593 e.